The van der Waals surface area contributed by atoms with Crippen molar-refractivity contribution in [2.75, 3.05) is 18.1 Å². The summed E-state index contributed by atoms with van der Waals surface area (Å²) in [7, 11) is 0. The van der Waals surface area contributed by atoms with Crippen molar-refractivity contribution in [1.29, 1.82) is 0 Å². The van der Waals surface area contributed by atoms with Crippen molar-refractivity contribution in [3.8, 4) is 11.5 Å². The molecule has 5 nitrogen and oxygen atoms in total. The van der Waals surface area contributed by atoms with Gasteiger partial charge in [-0.1, -0.05) is 12.1 Å². The summed E-state index contributed by atoms with van der Waals surface area (Å²) in [6.07, 6.45) is -5.37. The number of hydrogen-bond acceptors (Lipinski definition) is 5. The normalized spacial score (nSPS) is 25.3. The zero-order valence-corrected chi connectivity index (χ0v) is 13.6. The summed E-state index contributed by atoms with van der Waals surface area (Å²) in [5.41, 5.74) is 6.19. The number of rotatable bonds is 1. The second-order valence-electron chi connectivity index (χ2n) is 6.38. The molecule has 0 unspecified atom stereocenters. The third-order valence-electron chi connectivity index (χ3n) is 4.65. The van der Waals surface area contributed by atoms with Gasteiger partial charge in [-0.2, -0.15) is 13.2 Å². The van der Waals surface area contributed by atoms with Gasteiger partial charge in [0.2, 0.25) is 0 Å². The number of para-hydroxylation sites is 2. The van der Waals surface area contributed by atoms with E-state index in [2.05, 4.69) is 0 Å². The van der Waals surface area contributed by atoms with Crippen LogP contribution in [0.3, 0.4) is 0 Å². The molecule has 1 saturated heterocycles. The van der Waals surface area contributed by atoms with Crippen molar-refractivity contribution in [2.24, 2.45) is 5.73 Å². The van der Waals surface area contributed by atoms with Gasteiger partial charge < -0.3 is 25.2 Å². The third kappa shape index (κ3) is 2.80. The quantitative estimate of drug-likeness (QED) is 0.812. The molecule has 3 atom stereocenters. The molecule has 8 heteroatoms. The number of aliphatic hydroxyl groups is 1. The maximum Gasteiger partial charge on any atom is 0.416 e. The van der Waals surface area contributed by atoms with Gasteiger partial charge in [-0.05, 0) is 30.3 Å². The van der Waals surface area contributed by atoms with Crippen LogP contribution in [0.2, 0.25) is 0 Å². The van der Waals surface area contributed by atoms with Gasteiger partial charge in [0.25, 0.3) is 0 Å². The number of ether oxygens (including phenoxy) is 2. The number of nitrogens with two attached hydrogens (primary N) is 1. The lowest BCUT2D eigenvalue weighted by molar-refractivity contribution is -0.137. The van der Waals surface area contributed by atoms with E-state index in [9.17, 15) is 18.3 Å². The molecule has 2 aromatic carbocycles. The Morgan fingerprint density at radius 3 is 2.54 bits per heavy atom. The highest BCUT2D eigenvalue weighted by atomic mass is 19.4. The fraction of sp³-hybridized carbons (Fsp3) is 0.333. The average Bonchev–Trinajstić information content (AvgIpc) is 2.61. The molecular weight excluding hydrogens is 349 g/mol. The monoisotopic (exact) mass is 366 g/mol. The molecule has 2 aromatic rings. The molecular formula is C18H17F3N2O3. The molecule has 0 bridgehead atoms. The lowest BCUT2D eigenvalue weighted by atomic mass is 9.98. The maximum absolute atomic E-state index is 13.1. The first kappa shape index (κ1) is 17.1. The van der Waals surface area contributed by atoms with E-state index in [-0.39, 0.29) is 19.0 Å². The summed E-state index contributed by atoms with van der Waals surface area (Å²) < 4.78 is 50.4. The number of anilines is 2. The summed E-state index contributed by atoms with van der Waals surface area (Å²) in [6.45, 7) is 0.424. The number of aliphatic hydroxyl groups excluding tert-OH is 1. The Morgan fingerprint density at radius 2 is 1.77 bits per heavy atom. The molecule has 0 radical (unpaired) electrons. The molecule has 3 N–H and O–H groups in total. The second kappa shape index (κ2) is 6.15. The molecule has 0 amide bonds. The van der Waals surface area contributed by atoms with Crippen molar-refractivity contribution in [2.45, 2.75) is 24.4 Å². The summed E-state index contributed by atoms with van der Waals surface area (Å²) in [5.74, 6) is 0.482. The number of halogens is 3. The maximum atomic E-state index is 13.1. The smallest absolute Gasteiger partial charge is 0.416 e. The fourth-order valence-electron chi connectivity index (χ4n) is 3.35. The van der Waals surface area contributed by atoms with E-state index in [1.807, 2.05) is 0 Å². The van der Waals surface area contributed by atoms with Gasteiger partial charge in [0.1, 0.15) is 0 Å². The van der Waals surface area contributed by atoms with Crippen LogP contribution in [0.4, 0.5) is 24.5 Å². The van der Waals surface area contributed by atoms with Crippen molar-refractivity contribution in [1.82, 2.24) is 0 Å². The van der Waals surface area contributed by atoms with Crippen LogP contribution in [-0.2, 0) is 10.9 Å². The van der Waals surface area contributed by atoms with Crippen LogP contribution in [0.25, 0.3) is 0 Å². The number of nitrogens with zero attached hydrogens (tertiary/aromatic N) is 1. The first-order chi connectivity index (χ1) is 12.4. The predicted octanol–water partition coefficient (Wildman–Crippen LogP) is 3.04. The zero-order chi connectivity index (χ0) is 18.5. The Labute approximate surface area is 147 Å². The standard InChI is InChI=1S/C18H17F3N2O3/c19-18(20,21)10-5-6-13-16(7-10)26-15-4-2-1-3-12(15)23(13)14-9-25-8-11(22)17(14)24/h1-7,11,14,17,24H,8-9,22H2/t11-,14+,17+/m1/s1. The van der Waals surface area contributed by atoms with Gasteiger partial charge in [0.15, 0.2) is 11.5 Å². The van der Waals surface area contributed by atoms with E-state index in [4.69, 9.17) is 15.2 Å². The van der Waals surface area contributed by atoms with Crippen LogP contribution >= 0.6 is 0 Å². The molecule has 2 aliphatic rings. The molecule has 138 valence electrons. The molecule has 0 aromatic heterocycles. The topological polar surface area (TPSA) is 68.0 Å². The minimum Gasteiger partial charge on any atom is -0.453 e. The number of alkyl halides is 3. The summed E-state index contributed by atoms with van der Waals surface area (Å²) in [5, 5.41) is 10.6. The SMILES string of the molecule is N[C@@H]1COC[C@H](N2c3ccccc3Oc3cc(C(F)(F)F)ccc32)[C@H]1O. The highest BCUT2D eigenvalue weighted by molar-refractivity contribution is 5.79. The van der Waals surface area contributed by atoms with E-state index < -0.39 is 29.9 Å². The van der Waals surface area contributed by atoms with E-state index >= 15 is 0 Å². The summed E-state index contributed by atoms with van der Waals surface area (Å²) >= 11 is 0. The summed E-state index contributed by atoms with van der Waals surface area (Å²) in [4.78, 5) is 1.75. The van der Waals surface area contributed by atoms with E-state index in [1.165, 1.54) is 6.07 Å². The van der Waals surface area contributed by atoms with Gasteiger partial charge in [-0.3, -0.25) is 0 Å². The highest BCUT2D eigenvalue weighted by Gasteiger charge is 2.40. The van der Waals surface area contributed by atoms with Crippen LogP contribution < -0.4 is 15.4 Å². The first-order valence-electron chi connectivity index (χ1n) is 8.15. The van der Waals surface area contributed by atoms with Crippen molar-refractivity contribution >= 4 is 11.4 Å². The van der Waals surface area contributed by atoms with Crippen molar-refractivity contribution in [3.05, 3.63) is 48.0 Å². The van der Waals surface area contributed by atoms with Gasteiger partial charge >= 0.3 is 6.18 Å². The molecule has 0 saturated carbocycles. The van der Waals surface area contributed by atoms with Gasteiger partial charge in [0.05, 0.1) is 48.3 Å². The Balaban J connectivity index is 1.84. The molecule has 1 fully saturated rings. The first-order valence-corrected chi connectivity index (χ1v) is 8.15. The third-order valence-corrected chi connectivity index (χ3v) is 4.65. The van der Waals surface area contributed by atoms with Crippen LogP contribution in [-0.4, -0.2) is 36.5 Å². The van der Waals surface area contributed by atoms with Crippen molar-refractivity contribution < 1.29 is 27.8 Å². The Bertz CT molecular complexity index is 828. The number of hydrogen-bond donors (Lipinski definition) is 2. The Kier molecular flexibility index (Phi) is 4.06. The molecule has 2 heterocycles. The van der Waals surface area contributed by atoms with Crippen molar-refractivity contribution in [3.63, 3.8) is 0 Å². The summed E-state index contributed by atoms with van der Waals surface area (Å²) in [6, 6.07) is 9.16. The molecule has 0 aliphatic carbocycles. The van der Waals surface area contributed by atoms with E-state index in [0.29, 0.717) is 17.1 Å². The Hall–Kier alpha value is -2.29. The average molecular weight is 366 g/mol. The van der Waals surface area contributed by atoms with Crippen LogP contribution in [0.1, 0.15) is 5.56 Å². The number of benzene rings is 2. The second-order valence-corrected chi connectivity index (χ2v) is 6.38. The van der Waals surface area contributed by atoms with Gasteiger partial charge in [-0.25, -0.2) is 0 Å². The van der Waals surface area contributed by atoms with Gasteiger partial charge in [-0.15, -0.1) is 0 Å². The van der Waals surface area contributed by atoms with Crippen LogP contribution in [0.15, 0.2) is 42.5 Å². The lowest BCUT2D eigenvalue weighted by Crippen LogP contribution is -2.58. The molecule has 0 spiro atoms. The van der Waals surface area contributed by atoms with E-state index in [1.54, 1.807) is 29.2 Å². The fourth-order valence-corrected chi connectivity index (χ4v) is 3.35. The van der Waals surface area contributed by atoms with Crippen LogP contribution in [0.5, 0.6) is 11.5 Å². The highest BCUT2D eigenvalue weighted by Crippen LogP contribution is 2.49. The Morgan fingerprint density at radius 1 is 1.04 bits per heavy atom. The largest absolute Gasteiger partial charge is 0.453 e. The predicted molar refractivity (Wildman–Crippen MR) is 88.7 cm³/mol. The van der Waals surface area contributed by atoms with Crippen LogP contribution in [0, 0.1) is 0 Å². The molecule has 2 aliphatic heterocycles. The van der Waals surface area contributed by atoms with Gasteiger partial charge in [0, 0.05) is 0 Å². The molecule has 26 heavy (non-hydrogen) atoms. The zero-order valence-electron chi connectivity index (χ0n) is 13.6. The lowest BCUT2D eigenvalue weighted by Gasteiger charge is -2.43. The minimum atomic E-state index is -4.48. The minimum absolute atomic E-state index is 0.0740. The van der Waals surface area contributed by atoms with E-state index in [0.717, 1.165) is 12.1 Å². The molecule has 4 rings (SSSR count). The number of fused-ring (bicyclic) bond motifs is 2.